The molecule has 0 aromatic heterocycles. The van der Waals surface area contributed by atoms with Crippen LogP contribution in [0.15, 0.2) is 0 Å². The van der Waals surface area contributed by atoms with E-state index in [1.54, 1.807) is 0 Å². The molecule has 0 aromatic carbocycles. The van der Waals surface area contributed by atoms with Gasteiger partial charge in [0, 0.05) is 24.3 Å². The van der Waals surface area contributed by atoms with Crippen LogP contribution in [0.2, 0.25) is 0 Å². The van der Waals surface area contributed by atoms with Crippen LogP contribution in [0.25, 0.3) is 0 Å². The van der Waals surface area contributed by atoms with E-state index < -0.39 is 0 Å². The van der Waals surface area contributed by atoms with Gasteiger partial charge in [0.25, 0.3) is 0 Å². The predicted octanol–water partition coefficient (Wildman–Crippen LogP) is 2.42. The minimum Gasteiger partial charge on any atom is -0.347 e. The average Bonchev–Trinajstić information content (AvgIpc) is 2.79. The Hall–Kier alpha value is 0.170. The SMILES string of the molecule is ClC1CCC2(CC1)OCC(C1CCCCN1)O2. The number of halogens is 1. The lowest BCUT2D eigenvalue weighted by Gasteiger charge is -2.35. The zero-order chi connectivity index (χ0) is 11.7. The van der Waals surface area contributed by atoms with E-state index in [0.717, 1.165) is 38.8 Å². The Labute approximate surface area is 108 Å². The molecule has 3 nitrogen and oxygen atoms in total. The van der Waals surface area contributed by atoms with Crippen LogP contribution in [0, 0.1) is 0 Å². The van der Waals surface area contributed by atoms with Crippen molar-refractivity contribution >= 4 is 11.6 Å². The molecule has 0 aromatic rings. The van der Waals surface area contributed by atoms with Gasteiger partial charge in [0.2, 0.25) is 0 Å². The molecular formula is C13H22ClNO2. The highest BCUT2D eigenvalue weighted by molar-refractivity contribution is 6.20. The van der Waals surface area contributed by atoms with Gasteiger partial charge in [-0.2, -0.15) is 0 Å². The number of ether oxygens (including phenoxy) is 2. The van der Waals surface area contributed by atoms with Crippen molar-refractivity contribution in [3.05, 3.63) is 0 Å². The molecule has 3 rings (SSSR count). The van der Waals surface area contributed by atoms with E-state index in [1.165, 1.54) is 19.3 Å². The summed E-state index contributed by atoms with van der Waals surface area (Å²) in [7, 11) is 0. The van der Waals surface area contributed by atoms with E-state index >= 15 is 0 Å². The summed E-state index contributed by atoms with van der Waals surface area (Å²) in [5.74, 6) is -0.296. The Morgan fingerprint density at radius 1 is 1.12 bits per heavy atom. The molecule has 1 aliphatic carbocycles. The molecule has 98 valence electrons. The first-order chi connectivity index (χ1) is 8.27. The highest BCUT2D eigenvalue weighted by Gasteiger charge is 2.46. The lowest BCUT2D eigenvalue weighted by molar-refractivity contribution is -0.189. The second-order valence-electron chi connectivity index (χ2n) is 5.61. The normalized spacial score (nSPS) is 47.5. The maximum atomic E-state index is 6.23. The number of nitrogens with one attached hydrogen (secondary N) is 1. The van der Waals surface area contributed by atoms with E-state index in [9.17, 15) is 0 Å². The Balaban J connectivity index is 1.57. The second-order valence-corrected chi connectivity index (χ2v) is 6.23. The zero-order valence-corrected chi connectivity index (χ0v) is 11.0. The molecule has 2 aliphatic heterocycles. The molecule has 2 heterocycles. The van der Waals surface area contributed by atoms with Gasteiger partial charge in [0.05, 0.1) is 12.7 Å². The molecular weight excluding hydrogens is 238 g/mol. The Kier molecular flexibility index (Phi) is 3.62. The number of piperidine rings is 1. The van der Waals surface area contributed by atoms with Crippen molar-refractivity contribution in [1.29, 1.82) is 0 Å². The van der Waals surface area contributed by atoms with Crippen molar-refractivity contribution in [2.75, 3.05) is 13.2 Å². The fourth-order valence-electron chi connectivity index (χ4n) is 3.26. The molecule has 0 amide bonds. The molecule has 2 unspecified atom stereocenters. The number of rotatable bonds is 1. The smallest absolute Gasteiger partial charge is 0.169 e. The fraction of sp³-hybridized carbons (Fsp3) is 1.00. The standard InChI is InChI=1S/C13H22ClNO2/c14-10-4-6-13(7-5-10)16-9-12(17-13)11-3-1-2-8-15-11/h10-12,15H,1-9H2. The van der Waals surface area contributed by atoms with Crippen molar-refractivity contribution in [3.8, 4) is 0 Å². The highest BCUT2D eigenvalue weighted by atomic mass is 35.5. The molecule has 1 saturated carbocycles. The molecule has 3 fully saturated rings. The van der Waals surface area contributed by atoms with E-state index in [0.29, 0.717) is 11.4 Å². The largest absolute Gasteiger partial charge is 0.347 e. The summed E-state index contributed by atoms with van der Waals surface area (Å²) >= 11 is 6.14. The number of hydrogen-bond acceptors (Lipinski definition) is 3. The summed E-state index contributed by atoms with van der Waals surface area (Å²) in [6.07, 6.45) is 8.05. The van der Waals surface area contributed by atoms with Crippen molar-refractivity contribution < 1.29 is 9.47 Å². The summed E-state index contributed by atoms with van der Waals surface area (Å²) in [4.78, 5) is 0. The van der Waals surface area contributed by atoms with Crippen molar-refractivity contribution in [2.45, 2.75) is 68.3 Å². The highest BCUT2D eigenvalue weighted by Crippen LogP contribution is 2.40. The zero-order valence-electron chi connectivity index (χ0n) is 10.3. The Morgan fingerprint density at radius 2 is 1.94 bits per heavy atom. The van der Waals surface area contributed by atoms with Crippen molar-refractivity contribution in [2.24, 2.45) is 0 Å². The lowest BCUT2D eigenvalue weighted by Crippen LogP contribution is -2.45. The molecule has 3 aliphatic rings. The molecule has 2 atom stereocenters. The van der Waals surface area contributed by atoms with Gasteiger partial charge in [0.15, 0.2) is 5.79 Å². The van der Waals surface area contributed by atoms with Crippen LogP contribution < -0.4 is 5.32 Å². The monoisotopic (exact) mass is 259 g/mol. The minimum atomic E-state index is -0.296. The first-order valence-corrected chi connectivity index (χ1v) is 7.40. The van der Waals surface area contributed by atoms with Gasteiger partial charge < -0.3 is 14.8 Å². The van der Waals surface area contributed by atoms with Crippen LogP contribution in [0.1, 0.15) is 44.9 Å². The van der Waals surface area contributed by atoms with E-state index in [1.807, 2.05) is 0 Å². The third-order valence-corrected chi connectivity index (χ3v) is 4.79. The third-order valence-electron chi connectivity index (χ3n) is 4.35. The summed E-state index contributed by atoms with van der Waals surface area (Å²) in [5.41, 5.74) is 0. The van der Waals surface area contributed by atoms with Gasteiger partial charge in [-0.25, -0.2) is 0 Å². The van der Waals surface area contributed by atoms with Crippen molar-refractivity contribution in [1.82, 2.24) is 5.32 Å². The molecule has 2 saturated heterocycles. The first-order valence-electron chi connectivity index (χ1n) is 6.97. The quantitative estimate of drug-likeness (QED) is 0.734. The molecule has 1 N–H and O–H groups in total. The Morgan fingerprint density at radius 3 is 2.65 bits per heavy atom. The molecule has 1 spiro atoms. The van der Waals surface area contributed by atoms with Crippen LogP contribution in [0.5, 0.6) is 0 Å². The molecule has 17 heavy (non-hydrogen) atoms. The predicted molar refractivity (Wildman–Crippen MR) is 67.3 cm³/mol. The van der Waals surface area contributed by atoms with Gasteiger partial charge in [-0.3, -0.25) is 0 Å². The summed E-state index contributed by atoms with van der Waals surface area (Å²) in [5, 5.41) is 3.88. The minimum absolute atomic E-state index is 0.252. The van der Waals surface area contributed by atoms with Gasteiger partial charge in [-0.15, -0.1) is 11.6 Å². The van der Waals surface area contributed by atoms with Gasteiger partial charge in [-0.05, 0) is 32.2 Å². The fourth-order valence-corrected chi connectivity index (χ4v) is 3.48. The van der Waals surface area contributed by atoms with Crippen LogP contribution in [-0.4, -0.2) is 36.5 Å². The maximum absolute atomic E-state index is 6.23. The topological polar surface area (TPSA) is 30.5 Å². The summed E-state index contributed by atoms with van der Waals surface area (Å²) in [6.45, 7) is 1.88. The van der Waals surface area contributed by atoms with Crippen LogP contribution in [-0.2, 0) is 9.47 Å². The maximum Gasteiger partial charge on any atom is 0.169 e. The number of hydrogen-bond donors (Lipinski definition) is 1. The second kappa shape index (κ2) is 5.04. The van der Waals surface area contributed by atoms with Crippen LogP contribution in [0.3, 0.4) is 0 Å². The molecule has 0 bridgehead atoms. The van der Waals surface area contributed by atoms with Crippen LogP contribution >= 0.6 is 11.6 Å². The van der Waals surface area contributed by atoms with E-state index in [2.05, 4.69) is 5.32 Å². The molecule has 4 heteroatoms. The van der Waals surface area contributed by atoms with Gasteiger partial charge in [0.1, 0.15) is 0 Å². The Bertz CT molecular complexity index is 260. The first kappa shape index (κ1) is 12.2. The van der Waals surface area contributed by atoms with E-state index in [-0.39, 0.29) is 11.9 Å². The van der Waals surface area contributed by atoms with Crippen LogP contribution in [0.4, 0.5) is 0 Å². The van der Waals surface area contributed by atoms with E-state index in [4.69, 9.17) is 21.1 Å². The third kappa shape index (κ3) is 2.62. The average molecular weight is 260 g/mol. The lowest BCUT2D eigenvalue weighted by atomic mass is 9.93. The summed E-state index contributed by atoms with van der Waals surface area (Å²) in [6, 6.07) is 0.497. The number of alkyl halides is 1. The van der Waals surface area contributed by atoms with Gasteiger partial charge in [-0.1, -0.05) is 6.42 Å². The van der Waals surface area contributed by atoms with Gasteiger partial charge >= 0.3 is 0 Å². The molecule has 0 radical (unpaired) electrons. The van der Waals surface area contributed by atoms with Crippen molar-refractivity contribution in [3.63, 3.8) is 0 Å². The summed E-state index contributed by atoms with van der Waals surface area (Å²) < 4.78 is 12.2.